The smallest absolute Gasteiger partial charge is 0.221 e. The van der Waals surface area contributed by atoms with E-state index >= 15 is 0 Å². The highest BCUT2D eigenvalue weighted by atomic mass is 79.9. The van der Waals surface area contributed by atoms with Crippen LogP contribution in [-0.2, 0) is 0 Å². The molecule has 0 radical (unpaired) electrons. The molecule has 0 spiro atoms. The molecule has 96 valence electrons. The van der Waals surface area contributed by atoms with Crippen molar-refractivity contribution in [3.8, 4) is 0 Å². The van der Waals surface area contributed by atoms with Gasteiger partial charge in [0, 0.05) is 12.7 Å². The van der Waals surface area contributed by atoms with Crippen LogP contribution in [0.5, 0.6) is 0 Å². The molecule has 0 unspecified atom stereocenters. The topological polar surface area (TPSA) is 63.8 Å². The molecule has 0 fully saturated rings. The predicted molar refractivity (Wildman–Crippen MR) is 76.0 cm³/mol. The average molecular weight is 301 g/mol. The third-order valence-electron chi connectivity index (χ3n) is 2.59. The number of halogens is 1. The summed E-state index contributed by atoms with van der Waals surface area (Å²) in [6, 6.07) is 0. The maximum atomic E-state index is 5.53. The summed E-state index contributed by atoms with van der Waals surface area (Å²) in [5.41, 5.74) is 5.53. The molecule has 1 rings (SSSR count). The lowest BCUT2D eigenvalue weighted by Crippen LogP contribution is -2.06. The summed E-state index contributed by atoms with van der Waals surface area (Å²) in [5.74, 6) is 1.09. The molecule has 3 N–H and O–H groups in total. The summed E-state index contributed by atoms with van der Waals surface area (Å²) in [4.78, 5) is 8.03. The predicted octanol–water partition coefficient (Wildman–Crippen LogP) is 3.59. The van der Waals surface area contributed by atoms with Gasteiger partial charge in [-0.25, -0.2) is 4.98 Å². The summed E-state index contributed by atoms with van der Waals surface area (Å²) >= 11 is 3.39. The Morgan fingerprint density at radius 3 is 2.71 bits per heavy atom. The minimum atomic E-state index is 0.304. The van der Waals surface area contributed by atoms with E-state index in [0.717, 1.165) is 16.8 Å². The first-order chi connectivity index (χ1) is 8.24. The van der Waals surface area contributed by atoms with E-state index < -0.39 is 0 Å². The molecule has 0 bridgehead atoms. The monoisotopic (exact) mass is 300 g/mol. The Kier molecular flexibility index (Phi) is 6.93. The molecule has 0 aromatic carbocycles. The third-order valence-corrected chi connectivity index (χ3v) is 3.17. The van der Waals surface area contributed by atoms with Gasteiger partial charge in [0.05, 0.1) is 4.47 Å². The van der Waals surface area contributed by atoms with Crippen molar-refractivity contribution in [2.45, 2.75) is 45.4 Å². The summed E-state index contributed by atoms with van der Waals surface area (Å²) in [5, 5.41) is 3.27. The minimum Gasteiger partial charge on any atom is -0.369 e. The van der Waals surface area contributed by atoms with E-state index in [2.05, 4.69) is 38.1 Å². The number of aromatic nitrogens is 2. The fourth-order valence-electron chi connectivity index (χ4n) is 1.62. The second-order valence-corrected chi connectivity index (χ2v) is 4.97. The molecule has 0 aliphatic rings. The summed E-state index contributed by atoms with van der Waals surface area (Å²) in [7, 11) is 0. The van der Waals surface area contributed by atoms with Crippen molar-refractivity contribution >= 4 is 27.7 Å². The van der Waals surface area contributed by atoms with E-state index in [9.17, 15) is 0 Å². The van der Waals surface area contributed by atoms with Gasteiger partial charge >= 0.3 is 0 Å². The van der Waals surface area contributed by atoms with E-state index in [-0.39, 0.29) is 0 Å². The number of unbranched alkanes of at least 4 members (excludes halogenated alkanes) is 5. The highest BCUT2D eigenvalue weighted by Gasteiger charge is 2.01. The largest absolute Gasteiger partial charge is 0.369 e. The lowest BCUT2D eigenvalue weighted by atomic mass is 10.1. The van der Waals surface area contributed by atoms with E-state index in [1.54, 1.807) is 6.20 Å². The molecule has 1 aromatic heterocycles. The number of hydrogen-bond acceptors (Lipinski definition) is 4. The molecule has 1 heterocycles. The maximum absolute atomic E-state index is 5.53. The molecule has 17 heavy (non-hydrogen) atoms. The fourth-order valence-corrected chi connectivity index (χ4v) is 1.95. The number of nitrogens with two attached hydrogens (primary N) is 1. The Morgan fingerprint density at radius 1 is 1.24 bits per heavy atom. The third kappa shape index (κ3) is 5.86. The van der Waals surface area contributed by atoms with Crippen molar-refractivity contribution in [1.82, 2.24) is 9.97 Å². The van der Waals surface area contributed by atoms with Gasteiger partial charge < -0.3 is 11.1 Å². The van der Waals surface area contributed by atoms with Crippen LogP contribution in [0.15, 0.2) is 10.7 Å². The summed E-state index contributed by atoms with van der Waals surface area (Å²) in [6.07, 6.45) is 9.42. The van der Waals surface area contributed by atoms with Crippen molar-refractivity contribution in [1.29, 1.82) is 0 Å². The first-order valence-electron chi connectivity index (χ1n) is 6.26. The second kappa shape index (κ2) is 8.28. The number of nitrogens with zero attached hydrogens (tertiary/aromatic N) is 2. The first-order valence-corrected chi connectivity index (χ1v) is 7.05. The zero-order valence-electron chi connectivity index (χ0n) is 10.4. The van der Waals surface area contributed by atoms with Crippen molar-refractivity contribution in [3.63, 3.8) is 0 Å². The van der Waals surface area contributed by atoms with Gasteiger partial charge in [0.15, 0.2) is 0 Å². The molecule has 1 aromatic rings. The van der Waals surface area contributed by atoms with Crippen molar-refractivity contribution in [2.75, 3.05) is 17.6 Å². The molecule has 5 heteroatoms. The van der Waals surface area contributed by atoms with Crippen LogP contribution in [0.4, 0.5) is 11.8 Å². The number of nitrogens with one attached hydrogen (secondary N) is 1. The van der Waals surface area contributed by atoms with Crippen molar-refractivity contribution in [2.24, 2.45) is 0 Å². The Labute approximate surface area is 112 Å². The Morgan fingerprint density at radius 2 is 1.94 bits per heavy atom. The normalized spacial score (nSPS) is 10.5. The SMILES string of the molecule is CCCCCCCCNc1nc(N)ncc1Br. The van der Waals surface area contributed by atoms with Crippen LogP contribution in [0.2, 0.25) is 0 Å². The van der Waals surface area contributed by atoms with Crippen molar-refractivity contribution in [3.05, 3.63) is 10.7 Å². The lowest BCUT2D eigenvalue weighted by molar-refractivity contribution is 0.616. The summed E-state index contributed by atoms with van der Waals surface area (Å²) in [6.45, 7) is 3.17. The molecule has 0 aliphatic carbocycles. The maximum Gasteiger partial charge on any atom is 0.221 e. The van der Waals surface area contributed by atoms with E-state index in [0.29, 0.717) is 5.95 Å². The lowest BCUT2D eigenvalue weighted by Gasteiger charge is -2.07. The van der Waals surface area contributed by atoms with Crippen molar-refractivity contribution < 1.29 is 0 Å². The van der Waals surface area contributed by atoms with Gasteiger partial charge in [-0.05, 0) is 22.4 Å². The molecule has 0 saturated heterocycles. The van der Waals surface area contributed by atoms with Gasteiger partial charge in [-0.3, -0.25) is 0 Å². The van der Waals surface area contributed by atoms with Crippen LogP contribution < -0.4 is 11.1 Å². The minimum absolute atomic E-state index is 0.304. The van der Waals surface area contributed by atoms with E-state index in [1.807, 2.05) is 0 Å². The second-order valence-electron chi connectivity index (χ2n) is 4.12. The fraction of sp³-hybridized carbons (Fsp3) is 0.667. The highest BCUT2D eigenvalue weighted by molar-refractivity contribution is 9.10. The van der Waals surface area contributed by atoms with Gasteiger partial charge in [-0.2, -0.15) is 4.98 Å². The van der Waals surface area contributed by atoms with Crippen LogP contribution >= 0.6 is 15.9 Å². The molecule has 4 nitrogen and oxygen atoms in total. The average Bonchev–Trinajstić information content (AvgIpc) is 2.32. The van der Waals surface area contributed by atoms with E-state index in [4.69, 9.17) is 5.73 Å². The Balaban J connectivity index is 2.15. The molecule has 0 atom stereocenters. The zero-order chi connectivity index (χ0) is 12.5. The number of rotatable bonds is 8. The molecule has 0 amide bonds. The van der Waals surface area contributed by atoms with Crippen LogP contribution in [0.1, 0.15) is 45.4 Å². The Hall–Kier alpha value is -0.840. The van der Waals surface area contributed by atoms with Gasteiger partial charge in [0.25, 0.3) is 0 Å². The summed E-state index contributed by atoms with van der Waals surface area (Å²) < 4.78 is 0.859. The van der Waals surface area contributed by atoms with E-state index in [1.165, 1.54) is 38.5 Å². The molecule has 0 saturated carbocycles. The van der Waals surface area contributed by atoms with Gasteiger partial charge in [0.2, 0.25) is 5.95 Å². The highest BCUT2D eigenvalue weighted by Crippen LogP contribution is 2.19. The first kappa shape index (κ1) is 14.2. The van der Waals surface area contributed by atoms with Crippen LogP contribution in [-0.4, -0.2) is 16.5 Å². The zero-order valence-corrected chi connectivity index (χ0v) is 12.0. The number of hydrogen-bond donors (Lipinski definition) is 2. The van der Waals surface area contributed by atoms with Crippen LogP contribution in [0.3, 0.4) is 0 Å². The molecule has 0 aliphatic heterocycles. The molecular formula is C12H21BrN4. The quantitative estimate of drug-likeness (QED) is 0.720. The van der Waals surface area contributed by atoms with Gasteiger partial charge in [0.1, 0.15) is 5.82 Å². The Bertz CT molecular complexity index is 330. The van der Waals surface area contributed by atoms with Crippen LogP contribution in [0, 0.1) is 0 Å². The van der Waals surface area contributed by atoms with Gasteiger partial charge in [-0.15, -0.1) is 0 Å². The van der Waals surface area contributed by atoms with Gasteiger partial charge in [-0.1, -0.05) is 39.0 Å². The molecular weight excluding hydrogens is 280 g/mol. The van der Waals surface area contributed by atoms with Crippen LogP contribution in [0.25, 0.3) is 0 Å². The number of anilines is 2. The standard InChI is InChI=1S/C12H21BrN4/c1-2-3-4-5-6-7-8-15-11-10(13)9-16-12(14)17-11/h9H,2-8H2,1H3,(H3,14,15,16,17). The number of nitrogen functional groups attached to an aromatic ring is 1.